The number of amides is 1. The van der Waals surface area contributed by atoms with Crippen LogP contribution in [0.25, 0.3) is 10.1 Å². The first-order valence-electron chi connectivity index (χ1n) is 8.29. The highest BCUT2D eigenvalue weighted by molar-refractivity contribution is 7.21. The van der Waals surface area contributed by atoms with E-state index in [1.807, 2.05) is 0 Å². The summed E-state index contributed by atoms with van der Waals surface area (Å²) in [5.41, 5.74) is 0. The summed E-state index contributed by atoms with van der Waals surface area (Å²) < 4.78 is 18.9. The molecule has 0 spiro atoms. The Kier molecular flexibility index (Phi) is 5.59. The van der Waals surface area contributed by atoms with E-state index in [0.29, 0.717) is 16.0 Å². The largest absolute Gasteiger partial charge is 0.451 e. The van der Waals surface area contributed by atoms with Gasteiger partial charge in [0.1, 0.15) is 10.7 Å². The van der Waals surface area contributed by atoms with Crippen LogP contribution >= 0.6 is 22.9 Å². The molecule has 1 fully saturated rings. The first-order valence-corrected chi connectivity index (χ1v) is 9.49. The van der Waals surface area contributed by atoms with Crippen LogP contribution in [0.15, 0.2) is 18.2 Å². The SMILES string of the molecule is C[C@@H]1CCCC[C@H]1NC(=O)COC(=O)c1sc2cc(F)ccc2c1Cl. The summed E-state index contributed by atoms with van der Waals surface area (Å²) in [6.45, 7) is 1.77. The normalized spacial score (nSPS) is 20.4. The van der Waals surface area contributed by atoms with Gasteiger partial charge in [-0.3, -0.25) is 4.79 Å². The van der Waals surface area contributed by atoms with E-state index in [1.165, 1.54) is 24.6 Å². The van der Waals surface area contributed by atoms with Gasteiger partial charge in [-0.1, -0.05) is 31.4 Å². The number of hydrogen-bond acceptors (Lipinski definition) is 4. The molecule has 0 unspecified atom stereocenters. The Hall–Kier alpha value is -1.66. The van der Waals surface area contributed by atoms with Crippen molar-refractivity contribution in [3.05, 3.63) is 33.9 Å². The number of fused-ring (bicyclic) bond motifs is 1. The molecule has 1 N–H and O–H groups in total. The average Bonchev–Trinajstić information content (AvgIpc) is 2.91. The molecule has 25 heavy (non-hydrogen) atoms. The molecule has 1 aromatic heterocycles. The van der Waals surface area contributed by atoms with E-state index in [1.54, 1.807) is 0 Å². The second-order valence-corrected chi connectivity index (χ2v) is 7.83. The van der Waals surface area contributed by atoms with E-state index in [-0.39, 0.29) is 28.5 Å². The van der Waals surface area contributed by atoms with E-state index in [2.05, 4.69) is 12.2 Å². The van der Waals surface area contributed by atoms with Gasteiger partial charge in [0.15, 0.2) is 6.61 Å². The quantitative estimate of drug-likeness (QED) is 0.788. The van der Waals surface area contributed by atoms with Crippen molar-refractivity contribution in [2.75, 3.05) is 6.61 Å². The lowest BCUT2D eigenvalue weighted by Gasteiger charge is -2.29. The van der Waals surface area contributed by atoms with Gasteiger partial charge in [-0.2, -0.15) is 0 Å². The number of ether oxygens (including phenoxy) is 1. The highest BCUT2D eigenvalue weighted by atomic mass is 35.5. The molecule has 1 saturated carbocycles. The van der Waals surface area contributed by atoms with Crippen molar-refractivity contribution in [3.63, 3.8) is 0 Å². The minimum absolute atomic E-state index is 0.135. The second kappa shape index (κ2) is 7.70. The molecule has 0 radical (unpaired) electrons. The van der Waals surface area contributed by atoms with Crippen LogP contribution in [-0.2, 0) is 9.53 Å². The number of benzene rings is 1. The van der Waals surface area contributed by atoms with Crippen molar-refractivity contribution in [1.29, 1.82) is 0 Å². The topological polar surface area (TPSA) is 55.4 Å². The predicted molar refractivity (Wildman–Crippen MR) is 96.6 cm³/mol. The third-order valence-corrected chi connectivity index (χ3v) is 6.21. The summed E-state index contributed by atoms with van der Waals surface area (Å²) >= 11 is 7.24. The molecule has 0 bridgehead atoms. The minimum atomic E-state index is -0.668. The molecule has 1 aliphatic rings. The molecule has 2 atom stereocenters. The number of thiophene rings is 1. The predicted octanol–water partition coefficient (Wildman–Crippen LogP) is 4.55. The molecule has 2 aromatic rings. The molecular weight excluding hydrogens is 365 g/mol. The van der Waals surface area contributed by atoms with Crippen molar-refractivity contribution in [3.8, 4) is 0 Å². The Morgan fingerprint density at radius 2 is 2.12 bits per heavy atom. The highest BCUT2D eigenvalue weighted by Crippen LogP contribution is 2.36. The van der Waals surface area contributed by atoms with Gasteiger partial charge in [-0.05, 0) is 37.0 Å². The van der Waals surface area contributed by atoms with Crippen molar-refractivity contribution in [2.24, 2.45) is 5.92 Å². The first kappa shape index (κ1) is 18.1. The molecule has 4 nitrogen and oxygen atoms in total. The summed E-state index contributed by atoms with van der Waals surface area (Å²) in [5.74, 6) is -0.944. The van der Waals surface area contributed by atoms with Crippen molar-refractivity contribution >= 4 is 44.9 Å². The van der Waals surface area contributed by atoms with Gasteiger partial charge < -0.3 is 10.1 Å². The zero-order chi connectivity index (χ0) is 18.0. The zero-order valence-electron chi connectivity index (χ0n) is 13.8. The number of carbonyl (C=O) groups excluding carboxylic acids is 2. The van der Waals surface area contributed by atoms with Crippen LogP contribution in [0.2, 0.25) is 5.02 Å². The zero-order valence-corrected chi connectivity index (χ0v) is 15.4. The van der Waals surface area contributed by atoms with Gasteiger partial charge in [0.05, 0.1) is 5.02 Å². The summed E-state index contributed by atoms with van der Waals surface area (Å²) in [6.07, 6.45) is 4.34. The molecule has 1 aromatic carbocycles. The van der Waals surface area contributed by atoms with Crippen LogP contribution < -0.4 is 5.32 Å². The van der Waals surface area contributed by atoms with Crippen LogP contribution in [0, 0.1) is 11.7 Å². The van der Waals surface area contributed by atoms with Crippen LogP contribution in [0.4, 0.5) is 4.39 Å². The fourth-order valence-electron chi connectivity index (χ4n) is 3.15. The number of esters is 1. The molecule has 1 aliphatic carbocycles. The van der Waals surface area contributed by atoms with Crippen LogP contribution in [0.1, 0.15) is 42.3 Å². The van der Waals surface area contributed by atoms with Gasteiger partial charge in [0.25, 0.3) is 5.91 Å². The Bertz CT molecular complexity index is 807. The Morgan fingerprint density at radius 3 is 2.88 bits per heavy atom. The molecular formula is C18H19ClFNO3S. The summed E-state index contributed by atoms with van der Waals surface area (Å²) in [6, 6.07) is 4.27. The Labute approximate surface area is 154 Å². The number of rotatable bonds is 4. The van der Waals surface area contributed by atoms with E-state index >= 15 is 0 Å². The smallest absolute Gasteiger partial charge is 0.350 e. The molecule has 1 amide bonds. The monoisotopic (exact) mass is 383 g/mol. The Morgan fingerprint density at radius 1 is 1.36 bits per heavy atom. The van der Waals surface area contributed by atoms with E-state index in [4.69, 9.17) is 16.3 Å². The average molecular weight is 384 g/mol. The first-order chi connectivity index (χ1) is 12.0. The number of nitrogens with one attached hydrogen (secondary N) is 1. The van der Waals surface area contributed by atoms with Crippen molar-refractivity contribution in [1.82, 2.24) is 5.32 Å². The fraction of sp³-hybridized carbons (Fsp3) is 0.444. The minimum Gasteiger partial charge on any atom is -0.451 e. The number of carbonyl (C=O) groups is 2. The molecule has 0 aliphatic heterocycles. The lowest BCUT2D eigenvalue weighted by molar-refractivity contribution is -0.125. The van der Waals surface area contributed by atoms with Gasteiger partial charge in [-0.25, -0.2) is 9.18 Å². The van der Waals surface area contributed by atoms with Crippen LogP contribution in [-0.4, -0.2) is 24.5 Å². The van der Waals surface area contributed by atoms with Crippen molar-refractivity contribution < 1.29 is 18.7 Å². The van der Waals surface area contributed by atoms with Crippen LogP contribution in [0.5, 0.6) is 0 Å². The maximum atomic E-state index is 13.3. The van der Waals surface area contributed by atoms with E-state index in [0.717, 1.165) is 30.6 Å². The summed E-state index contributed by atoms with van der Waals surface area (Å²) in [7, 11) is 0. The van der Waals surface area contributed by atoms with Gasteiger partial charge in [0.2, 0.25) is 0 Å². The van der Waals surface area contributed by atoms with Gasteiger partial charge in [-0.15, -0.1) is 11.3 Å². The van der Waals surface area contributed by atoms with E-state index < -0.39 is 11.8 Å². The van der Waals surface area contributed by atoms with Gasteiger partial charge >= 0.3 is 5.97 Å². The third kappa shape index (κ3) is 4.12. The second-order valence-electron chi connectivity index (χ2n) is 6.40. The number of halogens is 2. The Balaban J connectivity index is 1.60. The summed E-state index contributed by atoms with van der Waals surface area (Å²) in [4.78, 5) is 24.4. The maximum absolute atomic E-state index is 13.3. The lowest BCUT2D eigenvalue weighted by atomic mass is 9.86. The summed E-state index contributed by atoms with van der Waals surface area (Å²) in [5, 5.41) is 3.75. The molecule has 7 heteroatoms. The molecule has 0 saturated heterocycles. The maximum Gasteiger partial charge on any atom is 0.350 e. The van der Waals surface area contributed by atoms with Gasteiger partial charge in [0, 0.05) is 16.1 Å². The molecule has 1 heterocycles. The highest BCUT2D eigenvalue weighted by Gasteiger charge is 2.24. The molecule has 3 rings (SSSR count). The molecule has 134 valence electrons. The van der Waals surface area contributed by atoms with Crippen LogP contribution in [0.3, 0.4) is 0 Å². The number of hydrogen-bond donors (Lipinski definition) is 1. The van der Waals surface area contributed by atoms with Crippen molar-refractivity contribution in [2.45, 2.75) is 38.6 Å². The fourth-order valence-corrected chi connectivity index (χ4v) is 4.57. The third-order valence-electron chi connectivity index (χ3n) is 4.57. The lowest BCUT2D eigenvalue weighted by Crippen LogP contribution is -2.42. The standard InChI is InChI=1S/C18H19ClFNO3S/c1-10-4-2-3-5-13(10)21-15(22)9-24-18(23)17-16(19)12-7-6-11(20)8-14(12)25-17/h6-8,10,13H,2-5,9H2,1H3,(H,21,22)/t10-,13-/m1/s1. The van der Waals surface area contributed by atoms with E-state index in [9.17, 15) is 14.0 Å².